The number of rotatable bonds is 12. The fourth-order valence-corrected chi connectivity index (χ4v) is 3.09. The summed E-state index contributed by atoms with van der Waals surface area (Å²) < 4.78 is 21.9. The Labute approximate surface area is 214 Å². The van der Waals surface area contributed by atoms with Gasteiger partial charge in [-0.3, -0.25) is 9.59 Å². The molecule has 0 aromatic heterocycles. The fourth-order valence-electron chi connectivity index (χ4n) is 2.96. The summed E-state index contributed by atoms with van der Waals surface area (Å²) >= 11 is 5.82. The maximum atomic E-state index is 12.3. The Bertz CT molecular complexity index is 1200. The molecule has 3 rings (SSSR count). The van der Waals surface area contributed by atoms with Crippen LogP contribution in [-0.4, -0.2) is 45.0 Å². The van der Waals surface area contributed by atoms with Gasteiger partial charge in [0, 0.05) is 5.02 Å². The number of amides is 2. The second kappa shape index (κ2) is 13.6. The molecule has 0 aliphatic heterocycles. The minimum atomic E-state index is -0.424. The molecular weight excluding hydrogens is 486 g/mol. The van der Waals surface area contributed by atoms with Crippen LogP contribution in [0.15, 0.2) is 71.8 Å². The van der Waals surface area contributed by atoms with E-state index in [1.807, 2.05) is 13.0 Å². The van der Waals surface area contributed by atoms with Crippen molar-refractivity contribution in [2.24, 2.45) is 5.10 Å². The number of halogens is 1. The van der Waals surface area contributed by atoms with Gasteiger partial charge >= 0.3 is 0 Å². The molecule has 0 fully saturated rings. The third-order valence-electron chi connectivity index (χ3n) is 4.59. The van der Waals surface area contributed by atoms with Crippen molar-refractivity contribution in [3.05, 3.63) is 77.3 Å². The number of hydrazone groups is 1. The van der Waals surface area contributed by atoms with Gasteiger partial charge in [0.05, 0.1) is 25.6 Å². The Morgan fingerprint density at radius 1 is 0.889 bits per heavy atom. The van der Waals surface area contributed by atoms with Crippen molar-refractivity contribution in [1.82, 2.24) is 5.43 Å². The number of ether oxygens (including phenoxy) is 4. The number of carbonyl (C=O) groups is 2. The molecule has 2 N–H and O–H groups in total. The normalized spacial score (nSPS) is 10.5. The van der Waals surface area contributed by atoms with E-state index in [2.05, 4.69) is 15.8 Å². The van der Waals surface area contributed by atoms with Gasteiger partial charge in [-0.25, -0.2) is 5.43 Å². The highest BCUT2D eigenvalue weighted by atomic mass is 35.5. The van der Waals surface area contributed by atoms with Gasteiger partial charge in [0.2, 0.25) is 0 Å². The van der Waals surface area contributed by atoms with Crippen molar-refractivity contribution < 1.29 is 28.5 Å². The molecule has 36 heavy (non-hydrogen) atoms. The van der Waals surface area contributed by atoms with E-state index in [0.29, 0.717) is 45.9 Å². The van der Waals surface area contributed by atoms with Gasteiger partial charge in [0.25, 0.3) is 11.8 Å². The van der Waals surface area contributed by atoms with Crippen LogP contribution in [0.5, 0.6) is 23.0 Å². The van der Waals surface area contributed by atoms with Crippen LogP contribution in [0.4, 0.5) is 5.69 Å². The Morgan fingerprint density at radius 2 is 1.64 bits per heavy atom. The first-order valence-corrected chi connectivity index (χ1v) is 11.4. The summed E-state index contributed by atoms with van der Waals surface area (Å²) in [6.45, 7) is 1.80. The molecule has 9 nitrogen and oxygen atoms in total. The summed E-state index contributed by atoms with van der Waals surface area (Å²) in [5.41, 5.74) is 3.60. The summed E-state index contributed by atoms with van der Waals surface area (Å²) in [7, 11) is 1.53. The number of anilines is 1. The Balaban J connectivity index is 1.53. The Morgan fingerprint density at radius 3 is 2.39 bits per heavy atom. The number of methoxy groups -OCH3 is 1. The fraction of sp³-hybridized carbons (Fsp3) is 0.192. The Kier molecular flexibility index (Phi) is 9.96. The number of para-hydroxylation sites is 2. The van der Waals surface area contributed by atoms with Crippen LogP contribution in [0.3, 0.4) is 0 Å². The van der Waals surface area contributed by atoms with Crippen LogP contribution in [0.25, 0.3) is 0 Å². The second-order valence-electron chi connectivity index (χ2n) is 7.21. The molecule has 0 aliphatic rings. The molecule has 3 aromatic carbocycles. The minimum Gasteiger partial charge on any atom is -0.495 e. The highest BCUT2D eigenvalue weighted by Crippen LogP contribution is 2.28. The third kappa shape index (κ3) is 8.21. The van der Waals surface area contributed by atoms with Crippen LogP contribution in [0.1, 0.15) is 12.5 Å². The van der Waals surface area contributed by atoms with Gasteiger partial charge in [-0.2, -0.15) is 5.10 Å². The van der Waals surface area contributed by atoms with Gasteiger partial charge in [0.15, 0.2) is 24.7 Å². The zero-order valence-corrected chi connectivity index (χ0v) is 20.6. The first kappa shape index (κ1) is 26.4. The number of hydrogen-bond acceptors (Lipinski definition) is 7. The highest BCUT2D eigenvalue weighted by molar-refractivity contribution is 6.30. The lowest BCUT2D eigenvalue weighted by atomic mass is 10.2. The number of nitrogens with one attached hydrogen (secondary N) is 2. The topological polar surface area (TPSA) is 107 Å². The zero-order valence-electron chi connectivity index (χ0n) is 19.8. The predicted octanol–water partition coefficient (Wildman–Crippen LogP) is 4.29. The van der Waals surface area contributed by atoms with Crippen molar-refractivity contribution in [3.63, 3.8) is 0 Å². The SMILES string of the molecule is CCOc1cc(/C=N\NC(=O)COc2ccc(Cl)cc2)ccc1OCC(=O)Nc1ccccc1OC. The number of benzene rings is 3. The van der Waals surface area contributed by atoms with Gasteiger partial charge in [-0.05, 0) is 67.1 Å². The van der Waals surface area contributed by atoms with Gasteiger partial charge in [-0.1, -0.05) is 23.7 Å². The monoisotopic (exact) mass is 511 g/mol. The van der Waals surface area contributed by atoms with E-state index >= 15 is 0 Å². The van der Waals surface area contributed by atoms with E-state index in [0.717, 1.165) is 0 Å². The van der Waals surface area contributed by atoms with E-state index in [1.165, 1.54) is 13.3 Å². The van der Waals surface area contributed by atoms with Crippen molar-refractivity contribution in [2.75, 3.05) is 32.2 Å². The van der Waals surface area contributed by atoms with Crippen molar-refractivity contribution in [2.45, 2.75) is 6.92 Å². The molecule has 0 bridgehead atoms. The summed E-state index contributed by atoms with van der Waals surface area (Å²) in [5, 5.41) is 7.27. The first-order chi connectivity index (χ1) is 17.5. The molecule has 188 valence electrons. The number of carbonyl (C=O) groups excluding carboxylic acids is 2. The molecule has 2 amide bonds. The third-order valence-corrected chi connectivity index (χ3v) is 4.85. The predicted molar refractivity (Wildman–Crippen MR) is 137 cm³/mol. The van der Waals surface area contributed by atoms with Gasteiger partial charge < -0.3 is 24.3 Å². The molecule has 0 spiro atoms. The summed E-state index contributed by atoms with van der Waals surface area (Å²) in [6, 6.07) is 18.8. The minimum absolute atomic E-state index is 0.202. The summed E-state index contributed by atoms with van der Waals surface area (Å²) in [5.74, 6) is 1.12. The standard InChI is InChI=1S/C26H26ClN3O6/c1-3-34-24-14-18(15-28-30-26(32)17-35-20-11-9-19(27)10-12-20)8-13-23(24)36-16-25(31)29-21-6-4-5-7-22(21)33-2/h4-15H,3,16-17H2,1-2H3,(H,29,31)(H,30,32)/b28-15-. The smallest absolute Gasteiger partial charge is 0.277 e. The maximum Gasteiger partial charge on any atom is 0.277 e. The van der Waals surface area contributed by atoms with E-state index in [4.69, 9.17) is 30.5 Å². The van der Waals surface area contributed by atoms with Crippen LogP contribution in [-0.2, 0) is 9.59 Å². The average molecular weight is 512 g/mol. The quantitative estimate of drug-likeness (QED) is 0.277. The molecule has 0 aliphatic carbocycles. The molecular formula is C26H26ClN3O6. The first-order valence-electron chi connectivity index (χ1n) is 11.0. The van der Waals surface area contributed by atoms with Gasteiger partial charge in [0.1, 0.15) is 11.5 Å². The van der Waals surface area contributed by atoms with E-state index in [-0.39, 0.29) is 19.1 Å². The number of hydrogen-bond donors (Lipinski definition) is 2. The molecule has 0 radical (unpaired) electrons. The number of nitrogens with zero attached hydrogens (tertiary/aromatic N) is 1. The molecule has 0 saturated carbocycles. The zero-order chi connectivity index (χ0) is 25.8. The molecule has 0 saturated heterocycles. The Hall–Kier alpha value is -4.24. The summed E-state index contributed by atoms with van der Waals surface area (Å²) in [6.07, 6.45) is 1.46. The van der Waals surface area contributed by atoms with Crippen molar-refractivity contribution in [3.8, 4) is 23.0 Å². The second-order valence-corrected chi connectivity index (χ2v) is 7.65. The van der Waals surface area contributed by atoms with E-state index in [9.17, 15) is 9.59 Å². The van der Waals surface area contributed by atoms with E-state index < -0.39 is 5.91 Å². The van der Waals surface area contributed by atoms with E-state index in [1.54, 1.807) is 60.7 Å². The molecule has 3 aromatic rings. The average Bonchev–Trinajstić information content (AvgIpc) is 2.88. The molecule has 0 unspecified atom stereocenters. The van der Waals surface area contributed by atoms with Crippen molar-refractivity contribution >= 4 is 35.3 Å². The van der Waals surface area contributed by atoms with Crippen LogP contribution >= 0.6 is 11.6 Å². The molecule has 0 atom stereocenters. The lowest BCUT2D eigenvalue weighted by Crippen LogP contribution is -2.24. The largest absolute Gasteiger partial charge is 0.495 e. The van der Waals surface area contributed by atoms with Crippen molar-refractivity contribution in [1.29, 1.82) is 0 Å². The van der Waals surface area contributed by atoms with Crippen LogP contribution in [0, 0.1) is 0 Å². The molecule has 10 heteroatoms. The lowest BCUT2D eigenvalue weighted by molar-refractivity contribution is -0.123. The van der Waals surface area contributed by atoms with Crippen LogP contribution < -0.4 is 29.7 Å². The summed E-state index contributed by atoms with van der Waals surface area (Å²) in [4.78, 5) is 24.3. The highest BCUT2D eigenvalue weighted by Gasteiger charge is 2.11. The molecule has 0 heterocycles. The lowest BCUT2D eigenvalue weighted by Gasteiger charge is -2.13. The maximum absolute atomic E-state index is 12.3. The van der Waals surface area contributed by atoms with Crippen LogP contribution in [0.2, 0.25) is 5.02 Å². The van der Waals surface area contributed by atoms with Gasteiger partial charge in [-0.15, -0.1) is 0 Å².